The molecule has 0 aliphatic rings. The van der Waals surface area contributed by atoms with E-state index in [1.54, 1.807) is 0 Å². The number of carbonyl (C=O) groups is 5. The normalized spacial score (nSPS) is 14.5. The third-order valence-electron chi connectivity index (χ3n) is 5.36. The second kappa shape index (κ2) is 15.7. The summed E-state index contributed by atoms with van der Waals surface area (Å²) in [5.74, 6) is -5.84. The molecular weight excluding hydrogens is 518 g/mol. The van der Waals surface area contributed by atoms with E-state index in [1.807, 2.05) is 0 Å². The molecule has 216 valence electrons. The van der Waals surface area contributed by atoms with Crippen molar-refractivity contribution in [1.29, 1.82) is 0 Å². The standard InChI is InChI=1S/C23H35N7O9/c1-11(31)18(30-19(35)14(24)10-17(33)34)21(37)28-15(3-2-8-27-23(25)26)20(36)29-16(22(38)39)9-12-4-6-13(32)7-5-12/h4-7,11,14-16,18,31-32H,2-3,8-10,24H2,1H3,(H,28,37)(H,29,36)(H,30,35)(H,33,34)(H,38,39)(H4,25,26,27). The minimum atomic E-state index is -1.61. The number of aliphatic imine (C=N–C) groups is 1. The highest BCUT2D eigenvalue weighted by Crippen LogP contribution is 2.12. The maximum absolute atomic E-state index is 13.1. The summed E-state index contributed by atoms with van der Waals surface area (Å²) < 4.78 is 0. The van der Waals surface area contributed by atoms with Gasteiger partial charge in [0.15, 0.2) is 5.96 Å². The number of benzene rings is 1. The van der Waals surface area contributed by atoms with Crippen molar-refractivity contribution in [2.24, 2.45) is 22.2 Å². The second-order valence-electron chi connectivity index (χ2n) is 8.71. The highest BCUT2D eigenvalue weighted by Gasteiger charge is 2.32. The first-order chi connectivity index (χ1) is 18.2. The summed E-state index contributed by atoms with van der Waals surface area (Å²) in [6.45, 7) is 1.26. The molecule has 0 fully saturated rings. The molecule has 0 bridgehead atoms. The van der Waals surface area contributed by atoms with Crippen LogP contribution in [0.25, 0.3) is 0 Å². The Labute approximate surface area is 223 Å². The molecule has 0 aliphatic carbocycles. The lowest BCUT2D eigenvalue weighted by molar-refractivity contribution is -0.142. The van der Waals surface area contributed by atoms with Crippen LogP contribution in [0.1, 0.15) is 31.7 Å². The molecule has 39 heavy (non-hydrogen) atoms. The number of aliphatic carboxylic acids is 2. The molecule has 5 atom stereocenters. The van der Waals surface area contributed by atoms with E-state index in [4.69, 9.17) is 22.3 Å². The van der Waals surface area contributed by atoms with Gasteiger partial charge in [-0.25, -0.2) is 4.79 Å². The molecule has 0 heterocycles. The lowest BCUT2D eigenvalue weighted by Crippen LogP contribution is -2.60. The van der Waals surface area contributed by atoms with E-state index in [9.17, 15) is 39.3 Å². The number of nitrogens with two attached hydrogens (primary N) is 3. The van der Waals surface area contributed by atoms with Crippen LogP contribution in [0.4, 0.5) is 0 Å². The lowest BCUT2D eigenvalue weighted by Gasteiger charge is -2.26. The highest BCUT2D eigenvalue weighted by molar-refractivity contribution is 5.95. The van der Waals surface area contributed by atoms with Crippen LogP contribution in [0.15, 0.2) is 29.3 Å². The summed E-state index contributed by atoms with van der Waals surface area (Å²) in [5.41, 5.74) is 16.6. The SMILES string of the molecule is CC(O)C(NC(=O)C(N)CC(=O)O)C(=O)NC(CCCN=C(N)N)C(=O)NC(Cc1ccc(O)cc1)C(=O)O. The third kappa shape index (κ3) is 12.1. The number of aliphatic hydroxyl groups excluding tert-OH is 1. The Kier molecular flexibility index (Phi) is 13.1. The van der Waals surface area contributed by atoms with Crippen molar-refractivity contribution in [2.45, 2.75) is 62.9 Å². The maximum Gasteiger partial charge on any atom is 0.326 e. The number of nitrogens with zero attached hydrogens (tertiary/aromatic N) is 1. The van der Waals surface area contributed by atoms with Gasteiger partial charge in [0.2, 0.25) is 17.7 Å². The molecule has 0 spiro atoms. The number of guanidine groups is 1. The molecule has 0 saturated carbocycles. The Bertz CT molecular complexity index is 1040. The fourth-order valence-corrected chi connectivity index (χ4v) is 3.32. The van der Waals surface area contributed by atoms with Gasteiger partial charge >= 0.3 is 11.9 Å². The van der Waals surface area contributed by atoms with Crippen molar-refractivity contribution >= 4 is 35.6 Å². The monoisotopic (exact) mass is 553 g/mol. The number of aliphatic hydroxyl groups is 1. The van der Waals surface area contributed by atoms with Crippen molar-refractivity contribution in [1.82, 2.24) is 16.0 Å². The summed E-state index contributed by atoms with van der Waals surface area (Å²) in [6.07, 6.45) is -2.21. The molecule has 16 heteroatoms. The fourth-order valence-electron chi connectivity index (χ4n) is 3.32. The molecule has 1 aromatic rings. The molecule has 13 N–H and O–H groups in total. The van der Waals surface area contributed by atoms with Crippen LogP contribution in [0.3, 0.4) is 0 Å². The van der Waals surface area contributed by atoms with Gasteiger partial charge in [-0.2, -0.15) is 0 Å². The number of carboxylic acids is 2. The maximum atomic E-state index is 13.1. The summed E-state index contributed by atoms with van der Waals surface area (Å²) >= 11 is 0. The Balaban J connectivity index is 3.06. The average molecular weight is 554 g/mol. The summed E-state index contributed by atoms with van der Waals surface area (Å²) in [7, 11) is 0. The van der Waals surface area contributed by atoms with Crippen LogP contribution in [0.5, 0.6) is 5.75 Å². The van der Waals surface area contributed by atoms with E-state index in [0.717, 1.165) is 0 Å². The number of amides is 3. The van der Waals surface area contributed by atoms with Crippen LogP contribution >= 0.6 is 0 Å². The van der Waals surface area contributed by atoms with Crippen molar-refractivity contribution in [3.8, 4) is 5.75 Å². The second-order valence-corrected chi connectivity index (χ2v) is 8.71. The number of phenolic OH excluding ortho intramolecular Hbond substituents is 1. The van der Waals surface area contributed by atoms with Gasteiger partial charge in [0.1, 0.15) is 23.9 Å². The number of aromatic hydroxyl groups is 1. The van der Waals surface area contributed by atoms with E-state index >= 15 is 0 Å². The Hall–Kier alpha value is -4.44. The molecule has 16 nitrogen and oxygen atoms in total. The quantitative estimate of drug-likeness (QED) is 0.0547. The Morgan fingerprint density at radius 3 is 2.03 bits per heavy atom. The Morgan fingerprint density at radius 2 is 1.51 bits per heavy atom. The highest BCUT2D eigenvalue weighted by atomic mass is 16.4. The first kappa shape index (κ1) is 32.6. The molecule has 3 amide bonds. The number of carbonyl (C=O) groups excluding carboxylic acids is 3. The van der Waals surface area contributed by atoms with Gasteiger partial charge in [0.05, 0.1) is 18.6 Å². The molecule has 5 unspecified atom stereocenters. The summed E-state index contributed by atoms with van der Waals surface area (Å²) in [4.78, 5) is 64.6. The molecule has 0 aliphatic heterocycles. The number of rotatable bonds is 16. The van der Waals surface area contributed by atoms with E-state index in [2.05, 4.69) is 20.9 Å². The largest absolute Gasteiger partial charge is 0.508 e. The van der Waals surface area contributed by atoms with Crippen molar-refractivity contribution in [3.05, 3.63) is 29.8 Å². The van der Waals surface area contributed by atoms with Gasteiger partial charge in [-0.1, -0.05) is 12.1 Å². The smallest absolute Gasteiger partial charge is 0.326 e. The zero-order chi connectivity index (χ0) is 29.7. The molecular formula is C23H35N7O9. The molecule has 1 rings (SSSR count). The van der Waals surface area contributed by atoms with Gasteiger partial charge in [0, 0.05) is 13.0 Å². The molecule has 0 saturated heterocycles. The minimum Gasteiger partial charge on any atom is -0.508 e. The van der Waals surface area contributed by atoms with Gasteiger partial charge in [-0.3, -0.25) is 24.2 Å². The number of hydrogen-bond acceptors (Lipinski definition) is 9. The predicted molar refractivity (Wildman–Crippen MR) is 137 cm³/mol. The van der Waals surface area contributed by atoms with Gasteiger partial charge in [0.25, 0.3) is 0 Å². The zero-order valence-electron chi connectivity index (χ0n) is 21.2. The van der Waals surface area contributed by atoms with Crippen LogP contribution in [0, 0.1) is 0 Å². The summed E-state index contributed by atoms with van der Waals surface area (Å²) in [5, 5.41) is 44.8. The third-order valence-corrected chi connectivity index (χ3v) is 5.36. The number of phenols is 1. The topological polar surface area (TPSA) is 293 Å². The molecule has 0 aromatic heterocycles. The van der Waals surface area contributed by atoms with Crippen LogP contribution in [-0.2, 0) is 30.4 Å². The first-order valence-corrected chi connectivity index (χ1v) is 11.8. The molecule has 1 aromatic carbocycles. The van der Waals surface area contributed by atoms with Crippen molar-refractivity contribution in [2.75, 3.05) is 6.54 Å². The zero-order valence-corrected chi connectivity index (χ0v) is 21.2. The summed E-state index contributed by atoms with van der Waals surface area (Å²) in [6, 6.07) is -0.178. The lowest BCUT2D eigenvalue weighted by atomic mass is 10.0. The van der Waals surface area contributed by atoms with E-state index in [0.29, 0.717) is 5.56 Å². The van der Waals surface area contributed by atoms with E-state index in [-0.39, 0.29) is 37.5 Å². The predicted octanol–water partition coefficient (Wildman–Crippen LogP) is -3.29. The average Bonchev–Trinajstić information content (AvgIpc) is 2.83. The van der Waals surface area contributed by atoms with Gasteiger partial charge in [-0.15, -0.1) is 0 Å². The van der Waals surface area contributed by atoms with Crippen molar-refractivity contribution in [3.63, 3.8) is 0 Å². The Morgan fingerprint density at radius 1 is 0.923 bits per heavy atom. The van der Waals surface area contributed by atoms with Crippen molar-refractivity contribution < 1.29 is 44.4 Å². The molecule has 0 radical (unpaired) electrons. The first-order valence-electron chi connectivity index (χ1n) is 11.8. The van der Waals surface area contributed by atoms with Crippen LogP contribution in [0.2, 0.25) is 0 Å². The number of nitrogens with one attached hydrogen (secondary N) is 3. The number of hydrogen-bond donors (Lipinski definition) is 10. The minimum absolute atomic E-state index is 0.0260. The van der Waals surface area contributed by atoms with E-state index in [1.165, 1.54) is 31.2 Å². The van der Waals surface area contributed by atoms with Crippen LogP contribution < -0.4 is 33.2 Å². The number of carboxylic acid groups (broad SMARTS) is 2. The van der Waals surface area contributed by atoms with Gasteiger partial charge in [-0.05, 0) is 37.5 Å². The van der Waals surface area contributed by atoms with Gasteiger partial charge < -0.3 is 53.6 Å². The van der Waals surface area contributed by atoms with E-state index < -0.39 is 66.4 Å². The fraction of sp³-hybridized carbons (Fsp3) is 0.478. The van der Waals surface area contributed by atoms with Crippen LogP contribution in [-0.4, -0.2) is 92.9 Å².